The Bertz CT molecular complexity index is 656. The van der Waals surface area contributed by atoms with E-state index < -0.39 is 17.5 Å². The van der Waals surface area contributed by atoms with Crippen LogP contribution in [0.4, 0.5) is 0 Å². The molecule has 102 valence electrons. The maximum atomic E-state index is 11.9. The van der Waals surface area contributed by atoms with Crippen molar-refractivity contribution in [3.63, 3.8) is 0 Å². The highest BCUT2D eigenvalue weighted by Crippen LogP contribution is 2.21. The number of hydrogen-bond donors (Lipinski definition) is 2. The fourth-order valence-electron chi connectivity index (χ4n) is 1.76. The zero-order valence-corrected chi connectivity index (χ0v) is 11.3. The van der Waals surface area contributed by atoms with E-state index in [0.717, 1.165) is 17.2 Å². The second-order valence-corrected chi connectivity index (χ2v) is 5.05. The molecule has 0 bridgehead atoms. The SMILES string of the molecule is O=C(O)/C(O)=C/C(=O)c1sccc1Cc1ccccc1. The van der Waals surface area contributed by atoms with E-state index in [1.807, 2.05) is 36.4 Å². The van der Waals surface area contributed by atoms with E-state index in [4.69, 9.17) is 10.2 Å². The van der Waals surface area contributed by atoms with Crippen molar-refractivity contribution < 1.29 is 19.8 Å². The van der Waals surface area contributed by atoms with E-state index in [2.05, 4.69) is 0 Å². The van der Waals surface area contributed by atoms with Crippen LogP contribution in [0.3, 0.4) is 0 Å². The summed E-state index contributed by atoms with van der Waals surface area (Å²) in [6, 6.07) is 11.5. The van der Waals surface area contributed by atoms with Crippen LogP contribution in [0.5, 0.6) is 0 Å². The Labute approximate surface area is 119 Å². The number of aliphatic carboxylic acids is 1. The summed E-state index contributed by atoms with van der Waals surface area (Å²) in [6.07, 6.45) is 1.33. The third-order valence-electron chi connectivity index (χ3n) is 2.69. The quantitative estimate of drug-likeness (QED) is 0.504. The molecule has 0 unspecified atom stereocenters. The molecule has 0 fully saturated rings. The molecule has 4 nitrogen and oxygen atoms in total. The van der Waals surface area contributed by atoms with Crippen molar-refractivity contribution in [2.45, 2.75) is 6.42 Å². The van der Waals surface area contributed by atoms with E-state index in [9.17, 15) is 9.59 Å². The molecule has 20 heavy (non-hydrogen) atoms. The second kappa shape index (κ2) is 6.16. The van der Waals surface area contributed by atoms with Crippen LogP contribution < -0.4 is 0 Å². The van der Waals surface area contributed by atoms with Crippen molar-refractivity contribution in [1.29, 1.82) is 0 Å². The monoisotopic (exact) mass is 288 g/mol. The summed E-state index contributed by atoms with van der Waals surface area (Å²) >= 11 is 1.23. The lowest BCUT2D eigenvalue weighted by atomic mass is 10.0. The van der Waals surface area contributed by atoms with Crippen molar-refractivity contribution in [3.8, 4) is 0 Å². The third-order valence-corrected chi connectivity index (χ3v) is 3.67. The fraction of sp³-hybridized carbons (Fsp3) is 0.0667. The highest BCUT2D eigenvalue weighted by atomic mass is 32.1. The molecular formula is C15H12O4S. The third kappa shape index (κ3) is 3.33. The van der Waals surface area contributed by atoms with Gasteiger partial charge in [-0.2, -0.15) is 0 Å². The number of carbonyl (C=O) groups excluding carboxylic acids is 1. The lowest BCUT2D eigenvalue weighted by Gasteiger charge is -2.02. The smallest absolute Gasteiger partial charge is 0.371 e. The van der Waals surface area contributed by atoms with Gasteiger partial charge in [-0.05, 0) is 29.0 Å². The van der Waals surface area contributed by atoms with E-state index >= 15 is 0 Å². The van der Waals surface area contributed by atoms with Crippen molar-refractivity contribution in [2.75, 3.05) is 0 Å². The zero-order chi connectivity index (χ0) is 14.5. The summed E-state index contributed by atoms with van der Waals surface area (Å²) in [5, 5.41) is 19.5. The minimum absolute atomic E-state index is 0.446. The Morgan fingerprint density at radius 1 is 1.10 bits per heavy atom. The molecule has 1 aromatic heterocycles. The number of benzene rings is 1. The molecule has 0 aliphatic rings. The first-order valence-corrected chi connectivity index (χ1v) is 6.74. The minimum Gasteiger partial charge on any atom is -0.502 e. The molecular weight excluding hydrogens is 276 g/mol. The number of thiophene rings is 1. The molecule has 2 rings (SSSR count). The number of aliphatic hydroxyl groups excluding tert-OH is 1. The highest BCUT2D eigenvalue weighted by molar-refractivity contribution is 7.12. The van der Waals surface area contributed by atoms with Crippen LogP contribution in [0.25, 0.3) is 0 Å². The van der Waals surface area contributed by atoms with Crippen LogP contribution in [0.2, 0.25) is 0 Å². The average molecular weight is 288 g/mol. The van der Waals surface area contributed by atoms with Gasteiger partial charge in [0.05, 0.1) is 4.88 Å². The van der Waals surface area contributed by atoms with Crippen LogP contribution in [0.15, 0.2) is 53.6 Å². The number of ketones is 1. The van der Waals surface area contributed by atoms with Crippen molar-refractivity contribution in [2.24, 2.45) is 0 Å². The molecule has 0 amide bonds. The van der Waals surface area contributed by atoms with Gasteiger partial charge in [0, 0.05) is 6.08 Å². The normalized spacial score (nSPS) is 11.3. The van der Waals surface area contributed by atoms with Gasteiger partial charge in [-0.25, -0.2) is 4.79 Å². The standard InChI is InChI=1S/C15H12O4S/c16-12(9-13(17)15(18)19)14-11(6-7-20-14)8-10-4-2-1-3-5-10/h1-7,9,17H,8H2,(H,18,19)/b13-9-. The van der Waals surface area contributed by atoms with Gasteiger partial charge in [-0.15, -0.1) is 11.3 Å². The summed E-state index contributed by atoms with van der Waals surface area (Å²) in [5.41, 5.74) is 1.88. The number of rotatable bonds is 5. The molecule has 0 saturated heterocycles. The van der Waals surface area contributed by atoms with Gasteiger partial charge >= 0.3 is 5.97 Å². The number of allylic oxidation sites excluding steroid dienone is 1. The molecule has 1 heterocycles. The average Bonchev–Trinajstić information content (AvgIpc) is 2.88. The number of aliphatic hydroxyl groups is 1. The molecule has 1 aromatic carbocycles. The van der Waals surface area contributed by atoms with Gasteiger partial charge in [-0.3, -0.25) is 4.79 Å². The summed E-state index contributed by atoms with van der Waals surface area (Å²) < 4.78 is 0. The molecule has 2 aromatic rings. The molecule has 2 N–H and O–H groups in total. The highest BCUT2D eigenvalue weighted by Gasteiger charge is 2.14. The molecule has 0 spiro atoms. The largest absolute Gasteiger partial charge is 0.502 e. The summed E-state index contributed by atoms with van der Waals surface area (Å²) in [7, 11) is 0. The van der Waals surface area contributed by atoms with Gasteiger partial charge in [0.2, 0.25) is 5.76 Å². The van der Waals surface area contributed by atoms with Crippen molar-refractivity contribution >= 4 is 23.1 Å². The predicted octanol–water partition coefficient (Wildman–Crippen LogP) is 3.05. The molecule has 0 aliphatic carbocycles. The predicted molar refractivity (Wildman–Crippen MR) is 76.2 cm³/mol. The topological polar surface area (TPSA) is 74.6 Å². The van der Waals surface area contributed by atoms with E-state index in [1.54, 1.807) is 5.38 Å². The van der Waals surface area contributed by atoms with Gasteiger partial charge in [0.25, 0.3) is 0 Å². The molecule has 0 atom stereocenters. The molecule has 0 aliphatic heterocycles. The van der Waals surface area contributed by atoms with Gasteiger partial charge in [0.1, 0.15) is 0 Å². The summed E-state index contributed by atoms with van der Waals surface area (Å²) in [6.45, 7) is 0. The van der Waals surface area contributed by atoms with Gasteiger partial charge in [0.15, 0.2) is 5.78 Å². The molecule has 0 radical (unpaired) electrons. The zero-order valence-electron chi connectivity index (χ0n) is 10.4. The lowest BCUT2D eigenvalue weighted by molar-refractivity contribution is -0.135. The second-order valence-electron chi connectivity index (χ2n) is 4.14. The fourth-order valence-corrected chi connectivity index (χ4v) is 2.59. The van der Waals surface area contributed by atoms with Crippen molar-refractivity contribution in [3.05, 3.63) is 69.6 Å². The Kier molecular flexibility index (Phi) is 4.32. The number of carbonyl (C=O) groups is 2. The first-order valence-electron chi connectivity index (χ1n) is 5.86. The summed E-state index contributed by atoms with van der Waals surface area (Å²) in [5.74, 6) is -2.96. The van der Waals surface area contributed by atoms with E-state index in [1.165, 1.54) is 11.3 Å². The van der Waals surface area contributed by atoms with Crippen LogP contribution in [0, 0.1) is 0 Å². The Morgan fingerprint density at radius 3 is 2.45 bits per heavy atom. The lowest BCUT2D eigenvalue weighted by Crippen LogP contribution is -2.04. The first-order chi connectivity index (χ1) is 9.58. The Hall–Kier alpha value is -2.40. The van der Waals surface area contributed by atoms with E-state index in [0.29, 0.717) is 11.3 Å². The van der Waals surface area contributed by atoms with Crippen LogP contribution in [0.1, 0.15) is 20.8 Å². The van der Waals surface area contributed by atoms with Gasteiger partial charge < -0.3 is 10.2 Å². The molecule has 5 heteroatoms. The first kappa shape index (κ1) is 14.0. The number of carboxylic acids is 1. The molecule has 0 saturated carbocycles. The van der Waals surface area contributed by atoms with Gasteiger partial charge in [-0.1, -0.05) is 30.3 Å². The minimum atomic E-state index is -1.51. The Balaban J connectivity index is 2.23. The maximum absolute atomic E-state index is 11.9. The maximum Gasteiger partial charge on any atom is 0.371 e. The van der Waals surface area contributed by atoms with E-state index in [-0.39, 0.29) is 0 Å². The number of carboxylic acid groups (broad SMARTS) is 1. The summed E-state index contributed by atoms with van der Waals surface area (Å²) in [4.78, 5) is 22.9. The number of hydrogen-bond acceptors (Lipinski definition) is 4. The Morgan fingerprint density at radius 2 is 1.80 bits per heavy atom. The van der Waals surface area contributed by atoms with Crippen molar-refractivity contribution in [1.82, 2.24) is 0 Å². The van der Waals surface area contributed by atoms with Crippen LogP contribution in [-0.2, 0) is 11.2 Å². The van der Waals surface area contributed by atoms with Crippen LogP contribution in [-0.4, -0.2) is 22.0 Å². The van der Waals surface area contributed by atoms with Crippen LogP contribution >= 0.6 is 11.3 Å².